The summed E-state index contributed by atoms with van der Waals surface area (Å²) < 4.78 is 6.46. The summed E-state index contributed by atoms with van der Waals surface area (Å²) in [6, 6.07) is 7.52. The highest BCUT2D eigenvalue weighted by atomic mass is 32.1. The Morgan fingerprint density at radius 2 is 2.04 bits per heavy atom. The third-order valence-corrected chi connectivity index (χ3v) is 6.29. The van der Waals surface area contributed by atoms with E-state index in [2.05, 4.69) is 15.6 Å². The van der Waals surface area contributed by atoms with Gasteiger partial charge in [0.1, 0.15) is 5.75 Å². The molecule has 1 aliphatic rings. The average molecular weight is 402 g/mol. The number of anilines is 2. The van der Waals surface area contributed by atoms with Crippen molar-refractivity contribution in [3.8, 4) is 5.75 Å². The fourth-order valence-electron chi connectivity index (χ4n) is 2.71. The summed E-state index contributed by atoms with van der Waals surface area (Å²) in [6.07, 6.45) is 1.90. The third-order valence-electron chi connectivity index (χ3n) is 4.21. The lowest BCUT2D eigenvalue weighted by Crippen LogP contribution is -2.12. The first kappa shape index (κ1) is 17.9. The number of carbonyl (C=O) groups is 2. The lowest BCUT2D eigenvalue weighted by molar-refractivity contribution is -0.117. The van der Waals surface area contributed by atoms with E-state index in [4.69, 9.17) is 4.74 Å². The van der Waals surface area contributed by atoms with Gasteiger partial charge in [-0.1, -0.05) is 11.3 Å². The molecule has 2 heterocycles. The molecule has 27 heavy (non-hydrogen) atoms. The molecule has 1 aliphatic carbocycles. The van der Waals surface area contributed by atoms with E-state index in [9.17, 15) is 9.59 Å². The summed E-state index contributed by atoms with van der Waals surface area (Å²) >= 11 is 2.70. The number of hydrogen-bond acceptors (Lipinski definition) is 6. The summed E-state index contributed by atoms with van der Waals surface area (Å²) in [7, 11) is 0. The van der Waals surface area contributed by atoms with Crippen molar-refractivity contribution in [3.63, 3.8) is 0 Å². The largest absolute Gasteiger partial charge is 0.494 e. The molecule has 2 aromatic heterocycles. The molecule has 0 bridgehead atoms. The number of rotatable bonds is 6. The second-order valence-electron chi connectivity index (χ2n) is 6.42. The van der Waals surface area contributed by atoms with E-state index in [0.29, 0.717) is 21.6 Å². The molecule has 0 radical (unpaired) electrons. The van der Waals surface area contributed by atoms with Gasteiger partial charge >= 0.3 is 0 Å². The molecule has 3 aromatic rings. The molecule has 8 heteroatoms. The average Bonchev–Trinajstić information content (AvgIpc) is 3.31. The smallest absolute Gasteiger partial charge is 0.267 e. The molecular formula is C19H19N3O3S2. The van der Waals surface area contributed by atoms with Crippen LogP contribution in [0.15, 0.2) is 24.3 Å². The van der Waals surface area contributed by atoms with Gasteiger partial charge in [0, 0.05) is 5.92 Å². The molecule has 0 unspecified atom stereocenters. The van der Waals surface area contributed by atoms with Gasteiger partial charge in [-0.15, -0.1) is 11.3 Å². The highest BCUT2D eigenvalue weighted by Gasteiger charge is 2.30. The molecule has 0 aliphatic heterocycles. The first-order valence-electron chi connectivity index (χ1n) is 8.79. The minimum atomic E-state index is -0.214. The summed E-state index contributed by atoms with van der Waals surface area (Å²) in [4.78, 5) is 29.6. The van der Waals surface area contributed by atoms with Gasteiger partial charge in [-0.3, -0.25) is 14.9 Å². The first-order chi connectivity index (χ1) is 13.0. The SMILES string of the molecule is CCOc1ccc2nc(NC(=O)c3sc(NC(=O)C4CC4)cc3C)sc2c1. The highest BCUT2D eigenvalue weighted by Crippen LogP contribution is 2.34. The van der Waals surface area contributed by atoms with Crippen LogP contribution >= 0.6 is 22.7 Å². The molecule has 1 saturated carbocycles. The van der Waals surface area contributed by atoms with Crippen molar-refractivity contribution in [1.82, 2.24) is 4.98 Å². The van der Waals surface area contributed by atoms with Crippen LogP contribution in [0, 0.1) is 12.8 Å². The summed E-state index contributed by atoms with van der Waals surface area (Å²) in [5.41, 5.74) is 1.65. The molecule has 0 saturated heterocycles. The molecule has 140 valence electrons. The van der Waals surface area contributed by atoms with Gasteiger partial charge in [-0.05, 0) is 56.5 Å². The van der Waals surface area contributed by atoms with E-state index in [1.807, 2.05) is 38.1 Å². The van der Waals surface area contributed by atoms with E-state index in [-0.39, 0.29) is 17.7 Å². The Bertz CT molecular complexity index is 1020. The van der Waals surface area contributed by atoms with Crippen molar-refractivity contribution >= 4 is 54.8 Å². The van der Waals surface area contributed by atoms with E-state index in [0.717, 1.165) is 34.4 Å². The van der Waals surface area contributed by atoms with Crippen molar-refractivity contribution in [1.29, 1.82) is 0 Å². The quantitative estimate of drug-likeness (QED) is 0.629. The van der Waals surface area contributed by atoms with Crippen LogP contribution in [0.3, 0.4) is 0 Å². The highest BCUT2D eigenvalue weighted by molar-refractivity contribution is 7.22. The third kappa shape index (κ3) is 3.96. The topological polar surface area (TPSA) is 80.3 Å². The summed E-state index contributed by atoms with van der Waals surface area (Å²) in [5, 5.41) is 7.01. The summed E-state index contributed by atoms with van der Waals surface area (Å²) in [6.45, 7) is 4.41. The number of amides is 2. The van der Waals surface area contributed by atoms with E-state index in [1.54, 1.807) is 0 Å². The number of nitrogens with zero attached hydrogens (tertiary/aromatic N) is 1. The summed E-state index contributed by atoms with van der Waals surface area (Å²) in [5.74, 6) is 0.749. The minimum absolute atomic E-state index is 0.0412. The lowest BCUT2D eigenvalue weighted by atomic mass is 10.3. The number of ether oxygens (including phenoxy) is 1. The molecule has 2 N–H and O–H groups in total. The zero-order valence-electron chi connectivity index (χ0n) is 15.0. The second-order valence-corrected chi connectivity index (χ2v) is 8.50. The Balaban J connectivity index is 1.49. The Morgan fingerprint density at radius 3 is 2.78 bits per heavy atom. The van der Waals surface area contributed by atoms with Crippen molar-refractivity contribution in [3.05, 3.63) is 34.7 Å². The van der Waals surface area contributed by atoms with Crippen LogP contribution in [0.4, 0.5) is 10.1 Å². The fourth-order valence-corrected chi connectivity index (χ4v) is 4.57. The molecule has 2 amide bonds. The van der Waals surface area contributed by atoms with Crippen LogP contribution in [0.2, 0.25) is 0 Å². The maximum Gasteiger partial charge on any atom is 0.267 e. The molecular weight excluding hydrogens is 382 g/mol. The van der Waals surface area contributed by atoms with Crippen LogP contribution in [0.1, 0.15) is 35.0 Å². The van der Waals surface area contributed by atoms with Crippen LogP contribution in [-0.2, 0) is 4.79 Å². The number of aromatic nitrogens is 1. The Labute approximate surface area is 164 Å². The lowest BCUT2D eigenvalue weighted by Gasteiger charge is -2.00. The predicted octanol–water partition coefficient (Wildman–Crippen LogP) is 4.67. The van der Waals surface area contributed by atoms with Gasteiger partial charge in [0.2, 0.25) is 5.91 Å². The number of nitrogens with one attached hydrogen (secondary N) is 2. The Kier molecular flexibility index (Phi) is 4.84. The van der Waals surface area contributed by atoms with Gasteiger partial charge < -0.3 is 10.1 Å². The number of fused-ring (bicyclic) bond motifs is 1. The number of hydrogen-bond donors (Lipinski definition) is 2. The van der Waals surface area contributed by atoms with Crippen LogP contribution < -0.4 is 15.4 Å². The molecule has 1 aromatic carbocycles. The van der Waals surface area contributed by atoms with Gasteiger partial charge in [0.15, 0.2) is 5.13 Å². The van der Waals surface area contributed by atoms with Crippen molar-refractivity contribution in [2.45, 2.75) is 26.7 Å². The molecule has 0 atom stereocenters. The van der Waals surface area contributed by atoms with Crippen molar-refractivity contribution in [2.24, 2.45) is 5.92 Å². The number of carbonyl (C=O) groups excluding carboxylic acids is 2. The minimum Gasteiger partial charge on any atom is -0.494 e. The predicted molar refractivity (Wildman–Crippen MR) is 109 cm³/mol. The maximum absolute atomic E-state index is 12.7. The van der Waals surface area contributed by atoms with Crippen molar-refractivity contribution < 1.29 is 14.3 Å². The van der Waals surface area contributed by atoms with Crippen LogP contribution in [-0.4, -0.2) is 23.4 Å². The molecule has 4 rings (SSSR count). The zero-order chi connectivity index (χ0) is 19.0. The monoisotopic (exact) mass is 401 g/mol. The van der Waals surface area contributed by atoms with Crippen LogP contribution in [0.5, 0.6) is 5.75 Å². The first-order valence-corrected chi connectivity index (χ1v) is 10.4. The number of thiophene rings is 1. The van der Waals surface area contributed by atoms with E-state index < -0.39 is 0 Å². The number of aryl methyl sites for hydroxylation is 1. The molecule has 0 spiro atoms. The van der Waals surface area contributed by atoms with Crippen LogP contribution in [0.25, 0.3) is 10.2 Å². The number of benzene rings is 1. The van der Waals surface area contributed by atoms with Gasteiger partial charge in [-0.25, -0.2) is 4.98 Å². The van der Waals surface area contributed by atoms with Gasteiger partial charge in [0.05, 0.1) is 26.7 Å². The fraction of sp³-hybridized carbons (Fsp3) is 0.316. The van der Waals surface area contributed by atoms with Gasteiger partial charge in [-0.2, -0.15) is 0 Å². The van der Waals surface area contributed by atoms with Gasteiger partial charge in [0.25, 0.3) is 5.91 Å². The zero-order valence-corrected chi connectivity index (χ0v) is 16.6. The Morgan fingerprint density at radius 1 is 1.22 bits per heavy atom. The Hall–Kier alpha value is -2.45. The molecule has 6 nitrogen and oxygen atoms in total. The maximum atomic E-state index is 12.7. The van der Waals surface area contributed by atoms with Crippen molar-refractivity contribution in [2.75, 3.05) is 17.2 Å². The second kappa shape index (κ2) is 7.28. The normalized spacial score (nSPS) is 13.6. The molecule has 1 fully saturated rings. The number of thiazole rings is 1. The van der Waals surface area contributed by atoms with E-state index in [1.165, 1.54) is 22.7 Å². The standard InChI is InChI=1S/C19H19N3O3S2/c1-3-25-12-6-7-13-14(9-12)26-19(20-13)22-18(24)16-10(2)8-15(27-16)21-17(23)11-4-5-11/h6-9,11H,3-5H2,1-2H3,(H,21,23)(H,20,22,24). The van der Waals surface area contributed by atoms with E-state index >= 15 is 0 Å².